The van der Waals surface area contributed by atoms with Gasteiger partial charge in [0.05, 0.1) is 12.1 Å². The molecule has 0 aromatic rings. The number of nitrogens with one attached hydrogen (secondary N) is 1. The molecule has 1 amide bonds. The van der Waals surface area contributed by atoms with Crippen LogP contribution in [0.3, 0.4) is 0 Å². The molecule has 0 bridgehead atoms. The zero-order chi connectivity index (χ0) is 14.4. The quantitative estimate of drug-likeness (QED) is 0.638. The lowest BCUT2D eigenvalue weighted by Crippen LogP contribution is -2.68. The van der Waals surface area contributed by atoms with Crippen molar-refractivity contribution in [3.8, 4) is 0 Å². The van der Waals surface area contributed by atoms with Gasteiger partial charge < -0.3 is 15.8 Å². The van der Waals surface area contributed by atoms with Gasteiger partial charge in [0.25, 0.3) is 0 Å². The maximum atomic E-state index is 11.9. The molecule has 4 atom stereocenters. The van der Waals surface area contributed by atoms with Crippen LogP contribution in [0.1, 0.15) is 64.7 Å². The highest BCUT2D eigenvalue weighted by Crippen LogP contribution is 2.37. The summed E-state index contributed by atoms with van der Waals surface area (Å²) in [4.78, 5) is 11.9. The fourth-order valence-corrected chi connectivity index (χ4v) is 3.43. The minimum absolute atomic E-state index is 0.0551. The summed E-state index contributed by atoms with van der Waals surface area (Å²) in [6.45, 7) is 3.03. The molecule has 2 aliphatic rings. The Balaban J connectivity index is 1.51. The first-order valence-corrected chi connectivity index (χ1v) is 8.40. The van der Waals surface area contributed by atoms with Crippen LogP contribution in [0.15, 0.2) is 0 Å². The van der Waals surface area contributed by atoms with Crippen LogP contribution >= 0.6 is 0 Å². The van der Waals surface area contributed by atoms with E-state index in [0.717, 1.165) is 25.9 Å². The number of carbonyl (C=O) groups excluding carboxylic acids is 1. The average Bonchev–Trinajstić information content (AvgIpc) is 2.88. The van der Waals surface area contributed by atoms with Gasteiger partial charge in [-0.15, -0.1) is 0 Å². The fourth-order valence-electron chi connectivity index (χ4n) is 3.43. The number of fused-ring (bicyclic) bond motifs is 1. The molecule has 0 aromatic carbocycles. The van der Waals surface area contributed by atoms with Gasteiger partial charge in [-0.25, -0.2) is 0 Å². The van der Waals surface area contributed by atoms with Gasteiger partial charge in [0, 0.05) is 25.0 Å². The van der Waals surface area contributed by atoms with Crippen molar-refractivity contribution in [3.05, 3.63) is 0 Å². The minimum atomic E-state index is 0.0551. The molecule has 0 spiro atoms. The summed E-state index contributed by atoms with van der Waals surface area (Å²) in [5, 5.41) is 3.06. The smallest absolute Gasteiger partial charge is 0.220 e. The van der Waals surface area contributed by atoms with Crippen LogP contribution in [0.4, 0.5) is 0 Å². The minimum Gasteiger partial charge on any atom is -0.376 e. The first-order chi connectivity index (χ1) is 9.74. The van der Waals surface area contributed by atoms with E-state index in [4.69, 9.17) is 10.5 Å². The molecule has 2 fully saturated rings. The number of hydrogen-bond acceptors (Lipinski definition) is 3. The SMILES string of the molecule is CCCCCCCCCC(=O)NC1C(N)C2CCOC21. The highest BCUT2D eigenvalue weighted by Gasteiger charge is 2.52. The molecule has 116 valence electrons. The number of amides is 1. The Morgan fingerprint density at radius 3 is 2.65 bits per heavy atom. The molecule has 1 heterocycles. The molecule has 20 heavy (non-hydrogen) atoms. The Morgan fingerprint density at radius 2 is 1.90 bits per heavy atom. The van der Waals surface area contributed by atoms with Crippen molar-refractivity contribution in [3.63, 3.8) is 0 Å². The Bertz CT molecular complexity index is 309. The van der Waals surface area contributed by atoms with E-state index in [9.17, 15) is 4.79 Å². The molecule has 1 aliphatic heterocycles. The molecule has 0 aromatic heterocycles. The predicted octanol–water partition coefficient (Wildman–Crippen LogP) is 2.36. The van der Waals surface area contributed by atoms with E-state index < -0.39 is 0 Å². The van der Waals surface area contributed by atoms with Gasteiger partial charge in [-0.2, -0.15) is 0 Å². The van der Waals surface area contributed by atoms with E-state index in [0.29, 0.717) is 12.3 Å². The van der Waals surface area contributed by atoms with Crippen LogP contribution in [0.5, 0.6) is 0 Å². The normalized spacial score (nSPS) is 31.7. The molecule has 4 heteroatoms. The highest BCUT2D eigenvalue weighted by molar-refractivity contribution is 5.76. The molecule has 4 unspecified atom stereocenters. The third kappa shape index (κ3) is 3.95. The Morgan fingerprint density at radius 1 is 1.20 bits per heavy atom. The van der Waals surface area contributed by atoms with Gasteiger partial charge in [0.2, 0.25) is 5.91 Å². The average molecular weight is 282 g/mol. The molecular weight excluding hydrogens is 252 g/mol. The lowest BCUT2D eigenvalue weighted by molar-refractivity contribution is -0.125. The van der Waals surface area contributed by atoms with Gasteiger partial charge >= 0.3 is 0 Å². The standard InChI is InChI=1S/C16H30N2O2/c1-2-3-4-5-6-7-8-9-13(19)18-15-14(17)12-10-11-20-16(12)15/h12,14-16H,2-11,17H2,1H3,(H,18,19). The number of carbonyl (C=O) groups is 1. The zero-order valence-electron chi connectivity index (χ0n) is 12.8. The third-order valence-electron chi connectivity index (χ3n) is 4.78. The summed E-state index contributed by atoms with van der Waals surface area (Å²) in [5.74, 6) is 0.617. The van der Waals surface area contributed by atoms with E-state index in [1.165, 1.54) is 32.1 Å². The van der Waals surface area contributed by atoms with E-state index >= 15 is 0 Å². The highest BCUT2D eigenvalue weighted by atomic mass is 16.5. The number of unbranched alkanes of at least 4 members (excludes halogenated alkanes) is 6. The van der Waals surface area contributed by atoms with E-state index in [1.807, 2.05) is 0 Å². The van der Waals surface area contributed by atoms with Crippen LogP contribution in [0, 0.1) is 5.92 Å². The second kappa shape index (κ2) is 7.99. The Hall–Kier alpha value is -0.610. The van der Waals surface area contributed by atoms with Gasteiger partial charge in [0.1, 0.15) is 0 Å². The molecule has 2 rings (SSSR count). The van der Waals surface area contributed by atoms with Crippen molar-refractivity contribution in [2.45, 2.75) is 82.9 Å². The molecule has 1 aliphatic carbocycles. The summed E-state index contributed by atoms with van der Waals surface area (Å²) < 4.78 is 5.62. The maximum Gasteiger partial charge on any atom is 0.220 e. The van der Waals surface area contributed by atoms with Gasteiger partial charge in [0.15, 0.2) is 0 Å². The largest absolute Gasteiger partial charge is 0.376 e. The van der Waals surface area contributed by atoms with Crippen molar-refractivity contribution in [1.29, 1.82) is 0 Å². The zero-order valence-corrected chi connectivity index (χ0v) is 12.8. The van der Waals surface area contributed by atoms with Crippen LogP contribution in [-0.2, 0) is 9.53 Å². The molecular formula is C16H30N2O2. The van der Waals surface area contributed by atoms with Crippen LogP contribution in [0.2, 0.25) is 0 Å². The topological polar surface area (TPSA) is 64.4 Å². The number of rotatable bonds is 9. The Labute approximate surface area is 122 Å². The van der Waals surface area contributed by atoms with Crippen molar-refractivity contribution < 1.29 is 9.53 Å². The lowest BCUT2D eigenvalue weighted by atomic mass is 9.72. The summed E-state index contributed by atoms with van der Waals surface area (Å²) in [6, 6.07) is 0.153. The van der Waals surface area contributed by atoms with Gasteiger partial charge in [-0.05, 0) is 12.8 Å². The summed E-state index contributed by atoms with van der Waals surface area (Å²) >= 11 is 0. The monoisotopic (exact) mass is 282 g/mol. The second-order valence-electron chi connectivity index (χ2n) is 6.33. The Kier molecular flexibility index (Phi) is 6.30. The lowest BCUT2D eigenvalue weighted by Gasteiger charge is -2.45. The van der Waals surface area contributed by atoms with E-state index in [1.54, 1.807) is 0 Å². The molecule has 0 radical (unpaired) electrons. The summed E-state index contributed by atoms with van der Waals surface area (Å²) in [7, 11) is 0. The van der Waals surface area contributed by atoms with Crippen LogP contribution < -0.4 is 11.1 Å². The van der Waals surface area contributed by atoms with Crippen molar-refractivity contribution >= 4 is 5.91 Å². The van der Waals surface area contributed by atoms with Crippen molar-refractivity contribution in [2.75, 3.05) is 6.61 Å². The molecule has 1 saturated carbocycles. The molecule has 3 N–H and O–H groups in total. The maximum absolute atomic E-state index is 11.9. The molecule has 1 saturated heterocycles. The summed E-state index contributed by atoms with van der Waals surface area (Å²) in [6.07, 6.45) is 10.5. The number of nitrogens with two attached hydrogens (primary N) is 1. The van der Waals surface area contributed by atoms with Crippen molar-refractivity contribution in [1.82, 2.24) is 5.32 Å². The third-order valence-corrected chi connectivity index (χ3v) is 4.78. The molecule has 4 nitrogen and oxygen atoms in total. The van der Waals surface area contributed by atoms with Gasteiger partial charge in [-0.1, -0.05) is 45.4 Å². The second-order valence-corrected chi connectivity index (χ2v) is 6.33. The first-order valence-electron chi connectivity index (χ1n) is 8.40. The predicted molar refractivity (Wildman–Crippen MR) is 80.4 cm³/mol. The van der Waals surface area contributed by atoms with Crippen LogP contribution in [-0.4, -0.2) is 30.7 Å². The number of ether oxygens (including phenoxy) is 1. The van der Waals surface area contributed by atoms with Crippen molar-refractivity contribution in [2.24, 2.45) is 11.7 Å². The van der Waals surface area contributed by atoms with E-state index in [-0.39, 0.29) is 24.1 Å². The van der Waals surface area contributed by atoms with E-state index in [2.05, 4.69) is 12.2 Å². The fraction of sp³-hybridized carbons (Fsp3) is 0.938. The van der Waals surface area contributed by atoms with Gasteiger partial charge in [-0.3, -0.25) is 4.79 Å². The first kappa shape index (κ1) is 15.8. The summed E-state index contributed by atoms with van der Waals surface area (Å²) in [5.41, 5.74) is 6.08. The number of hydrogen-bond donors (Lipinski definition) is 2. The van der Waals surface area contributed by atoms with Crippen LogP contribution in [0.25, 0.3) is 0 Å².